The molecule has 0 spiro atoms. The Morgan fingerprint density at radius 1 is 1.06 bits per heavy atom. The predicted molar refractivity (Wildman–Crippen MR) is 72.8 cm³/mol. The molecule has 1 N–H and O–H groups in total. The summed E-state index contributed by atoms with van der Waals surface area (Å²) in [7, 11) is 0. The highest BCUT2D eigenvalue weighted by Crippen LogP contribution is 2.21. The molecule has 5 heteroatoms. The van der Waals surface area contributed by atoms with E-state index in [1.807, 2.05) is 0 Å². The lowest BCUT2D eigenvalue weighted by Crippen LogP contribution is -2.00. The van der Waals surface area contributed by atoms with Crippen LogP contribution >= 0.6 is 27.5 Å². The number of halogens is 4. The lowest BCUT2D eigenvalue weighted by Gasteiger charge is -2.07. The number of hydrogen-bond donors (Lipinski definition) is 1. The monoisotopic (exact) mass is 331 g/mol. The molecule has 0 aliphatic carbocycles. The van der Waals surface area contributed by atoms with Crippen LogP contribution in [0.5, 0.6) is 0 Å². The molecule has 0 fully saturated rings. The first kappa shape index (κ1) is 13.3. The topological polar surface area (TPSA) is 12.0 Å². The third-order valence-corrected chi connectivity index (χ3v) is 3.33. The summed E-state index contributed by atoms with van der Waals surface area (Å²) in [5.74, 6) is -0.785. The first-order chi connectivity index (χ1) is 8.56. The molecule has 0 unspecified atom stereocenters. The summed E-state index contributed by atoms with van der Waals surface area (Å²) in [6.45, 7) is 0.446. The van der Waals surface area contributed by atoms with Gasteiger partial charge >= 0.3 is 0 Å². The van der Waals surface area contributed by atoms with Crippen molar-refractivity contribution >= 4 is 33.2 Å². The van der Waals surface area contributed by atoms with E-state index in [0.717, 1.165) is 5.56 Å². The molecular formula is C13H9BrClF2N. The van der Waals surface area contributed by atoms with E-state index in [0.29, 0.717) is 16.7 Å². The first-order valence-electron chi connectivity index (χ1n) is 5.19. The quantitative estimate of drug-likeness (QED) is 0.834. The second kappa shape index (κ2) is 5.67. The van der Waals surface area contributed by atoms with Gasteiger partial charge in [0.05, 0.1) is 9.50 Å². The van der Waals surface area contributed by atoms with E-state index in [-0.39, 0.29) is 10.8 Å². The van der Waals surface area contributed by atoms with E-state index in [4.69, 9.17) is 11.6 Å². The number of nitrogens with one attached hydrogen (secondary N) is 1. The van der Waals surface area contributed by atoms with Crippen LogP contribution in [0.25, 0.3) is 0 Å². The maximum atomic E-state index is 13.3. The minimum atomic E-state index is -0.449. The second-order valence-electron chi connectivity index (χ2n) is 3.73. The standard InChI is InChI=1S/C13H9BrClF2N/c14-10-3-2-9(6-13(10)17)18-7-8-1-4-12(16)11(15)5-8/h1-6,18H,7H2. The minimum absolute atomic E-state index is 0.0799. The SMILES string of the molecule is Fc1ccc(CNc2ccc(Br)c(F)c2)cc1Cl. The zero-order valence-corrected chi connectivity index (χ0v) is 11.5. The van der Waals surface area contributed by atoms with Crippen molar-refractivity contribution in [3.8, 4) is 0 Å². The molecule has 94 valence electrons. The van der Waals surface area contributed by atoms with Crippen molar-refractivity contribution in [2.24, 2.45) is 0 Å². The fraction of sp³-hybridized carbons (Fsp3) is 0.0769. The number of hydrogen-bond acceptors (Lipinski definition) is 1. The van der Waals surface area contributed by atoms with Gasteiger partial charge in [-0.3, -0.25) is 0 Å². The van der Waals surface area contributed by atoms with E-state index >= 15 is 0 Å². The van der Waals surface area contributed by atoms with Gasteiger partial charge in [0.15, 0.2) is 0 Å². The molecule has 2 aromatic rings. The second-order valence-corrected chi connectivity index (χ2v) is 4.99. The van der Waals surface area contributed by atoms with Crippen molar-refractivity contribution in [3.63, 3.8) is 0 Å². The summed E-state index contributed by atoms with van der Waals surface area (Å²) in [6, 6.07) is 9.23. The van der Waals surface area contributed by atoms with Crippen LogP contribution in [-0.2, 0) is 6.54 Å². The molecule has 1 nitrogen and oxygen atoms in total. The molecule has 2 aromatic carbocycles. The summed E-state index contributed by atoms with van der Waals surface area (Å²) in [4.78, 5) is 0. The molecule has 0 aromatic heterocycles. The van der Waals surface area contributed by atoms with E-state index in [2.05, 4.69) is 21.2 Å². The Morgan fingerprint density at radius 3 is 2.50 bits per heavy atom. The van der Waals surface area contributed by atoms with Crippen LogP contribution in [0.3, 0.4) is 0 Å². The molecule has 2 rings (SSSR count). The molecule has 0 aliphatic heterocycles. The summed E-state index contributed by atoms with van der Waals surface area (Å²) >= 11 is 8.75. The molecule has 0 saturated carbocycles. The molecule has 0 heterocycles. The number of rotatable bonds is 3. The predicted octanol–water partition coefficient (Wildman–Crippen LogP) is 4.99. The maximum absolute atomic E-state index is 13.3. The van der Waals surface area contributed by atoms with Gasteiger partial charge in [0.1, 0.15) is 11.6 Å². The van der Waals surface area contributed by atoms with E-state index in [1.165, 1.54) is 12.1 Å². The van der Waals surface area contributed by atoms with E-state index < -0.39 is 5.82 Å². The summed E-state index contributed by atoms with van der Waals surface area (Å²) in [6.07, 6.45) is 0. The zero-order chi connectivity index (χ0) is 13.1. The normalized spacial score (nSPS) is 10.4. The fourth-order valence-electron chi connectivity index (χ4n) is 1.46. The molecular weight excluding hydrogens is 324 g/mol. The number of anilines is 1. The highest BCUT2D eigenvalue weighted by molar-refractivity contribution is 9.10. The lowest BCUT2D eigenvalue weighted by atomic mass is 10.2. The summed E-state index contributed by atoms with van der Waals surface area (Å²) in [5, 5.41) is 3.11. The van der Waals surface area contributed by atoms with Crippen LogP contribution in [0.2, 0.25) is 5.02 Å². The summed E-state index contributed by atoms with van der Waals surface area (Å²) < 4.78 is 26.6. The molecule has 0 saturated heterocycles. The Kier molecular flexibility index (Phi) is 4.19. The Morgan fingerprint density at radius 2 is 1.83 bits per heavy atom. The molecule has 18 heavy (non-hydrogen) atoms. The maximum Gasteiger partial charge on any atom is 0.141 e. The molecule has 0 amide bonds. The van der Waals surface area contributed by atoms with Gasteiger partial charge < -0.3 is 5.32 Å². The average molecular weight is 333 g/mol. The first-order valence-corrected chi connectivity index (χ1v) is 6.36. The Hall–Kier alpha value is -1.13. The van der Waals surface area contributed by atoms with Crippen LogP contribution < -0.4 is 5.32 Å². The van der Waals surface area contributed by atoms with Gasteiger partial charge in [-0.05, 0) is 51.8 Å². The van der Waals surface area contributed by atoms with E-state index in [1.54, 1.807) is 24.3 Å². The van der Waals surface area contributed by atoms with Crippen molar-refractivity contribution in [1.29, 1.82) is 0 Å². The van der Waals surface area contributed by atoms with E-state index in [9.17, 15) is 8.78 Å². The fourth-order valence-corrected chi connectivity index (χ4v) is 1.91. The van der Waals surface area contributed by atoms with Crippen molar-refractivity contribution in [2.75, 3.05) is 5.32 Å². The van der Waals surface area contributed by atoms with Crippen molar-refractivity contribution in [2.45, 2.75) is 6.54 Å². The zero-order valence-electron chi connectivity index (χ0n) is 9.18. The third kappa shape index (κ3) is 3.21. The van der Waals surface area contributed by atoms with Gasteiger partial charge in [-0.2, -0.15) is 0 Å². The van der Waals surface area contributed by atoms with Crippen LogP contribution in [0.4, 0.5) is 14.5 Å². The Bertz CT molecular complexity index is 523. The van der Waals surface area contributed by atoms with Crippen molar-refractivity contribution in [1.82, 2.24) is 0 Å². The van der Waals surface area contributed by atoms with Crippen LogP contribution in [0.1, 0.15) is 5.56 Å². The van der Waals surface area contributed by atoms with Crippen molar-refractivity contribution in [3.05, 3.63) is 63.1 Å². The van der Waals surface area contributed by atoms with Gasteiger partial charge in [0.25, 0.3) is 0 Å². The van der Waals surface area contributed by atoms with Gasteiger partial charge in [-0.1, -0.05) is 17.7 Å². The number of benzene rings is 2. The largest absolute Gasteiger partial charge is 0.381 e. The van der Waals surface area contributed by atoms with Gasteiger partial charge in [-0.25, -0.2) is 8.78 Å². The average Bonchev–Trinajstić information content (AvgIpc) is 2.35. The van der Waals surface area contributed by atoms with Gasteiger partial charge in [0, 0.05) is 12.2 Å². The Balaban J connectivity index is 2.06. The summed E-state index contributed by atoms with van der Waals surface area (Å²) in [5.41, 5.74) is 1.47. The van der Waals surface area contributed by atoms with Gasteiger partial charge in [-0.15, -0.1) is 0 Å². The Labute approximate surface area is 117 Å². The molecule has 0 aliphatic rings. The third-order valence-electron chi connectivity index (χ3n) is 2.40. The highest BCUT2D eigenvalue weighted by atomic mass is 79.9. The minimum Gasteiger partial charge on any atom is -0.381 e. The van der Waals surface area contributed by atoms with Crippen LogP contribution in [0, 0.1) is 11.6 Å². The van der Waals surface area contributed by atoms with Gasteiger partial charge in [0.2, 0.25) is 0 Å². The molecule has 0 radical (unpaired) electrons. The smallest absolute Gasteiger partial charge is 0.141 e. The van der Waals surface area contributed by atoms with Crippen molar-refractivity contribution < 1.29 is 8.78 Å². The van der Waals surface area contributed by atoms with Crippen LogP contribution in [0.15, 0.2) is 40.9 Å². The lowest BCUT2D eigenvalue weighted by molar-refractivity contribution is 0.621. The van der Waals surface area contributed by atoms with Crippen LogP contribution in [-0.4, -0.2) is 0 Å². The molecule has 0 atom stereocenters. The molecule has 0 bridgehead atoms. The highest BCUT2D eigenvalue weighted by Gasteiger charge is 2.03.